The Morgan fingerprint density at radius 3 is 1.76 bits per heavy atom. The number of nitrogens with one attached hydrogen (secondary N) is 2. The van der Waals surface area contributed by atoms with Crippen LogP contribution in [0.25, 0.3) is 0 Å². The fourth-order valence-corrected chi connectivity index (χ4v) is 1.42. The number of amides is 1. The van der Waals surface area contributed by atoms with E-state index in [1.165, 1.54) is 25.7 Å². The second-order valence-electron chi connectivity index (χ2n) is 3.34. The minimum atomic E-state index is 0.712. The van der Waals surface area contributed by atoms with E-state index in [2.05, 4.69) is 17.7 Å². The van der Waals surface area contributed by atoms with Crippen molar-refractivity contribution in [3.63, 3.8) is 0 Å². The maximum Gasteiger partial charge on any atom is 0.207 e. The molecule has 0 radical (unpaired) electrons. The van der Waals surface area contributed by atoms with Crippen LogP contribution in [0, 0.1) is 0 Å². The molecule has 1 rings (SSSR count). The van der Waals surface area contributed by atoms with Gasteiger partial charge < -0.3 is 10.6 Å². The summed E-state index contributed by atoms with van der Waals surface area (Å²) in [6.45, 7) is 10.8. The van der Waals surface area contributed by atoms with Gasteiger partial charge in [-0.1, -0.05) is 47.5 Å². The van der Waals surface area contributed by atoms with E-state index in [0.717, 1.165) is 19.0 Å². The largest absolute Gasteiger partial charge is 0.359 e. The van der Waals surface area contributed by atoms with Crippen LogP contribution in [0.5, 0.6) is 0 Å². The second-order valence-corrected chi connectivity index (χ2v) is 3.34. The first-order chi connectivity index (χ1) is 8.35. The Labute approximate surface area is 109 Å². The number of rotatable bonds is 4. The third-order valence-corrected chi connectivity index (χ3v) is 2.24. The molecule has 0 unspecified atom stereocenters. The molecule has 0 aromatic heterocycles. The summed E-state index contributed by atoms with van der Waals surface area (Å²) in [5, 5.41) is 5.78. The van der Waals surface area contributed by atoms with Gasteiger partial charge in [-0.15, -0.1) is 0 Å². The van der Waals surface area contributed by atoms with E-state index in [-0.39, 0.29) is 0 Å². The van der Waals surface area contributed by atoms with Crippen LogP contribution in [-0.4, -0.2) is 26.0 Å². The molecular formula is C14H34N2O. The van der Waals surface area contributed by atoms with Crippen molar-refractivity contribution >= 4 is 6.41 Å². The van der Waals surface area contributed by atoms with Gasteiger partial charge in [0.15, 0.2) is 0 Å². The first-order valence-electron chi connectivity index (χ1n) is 7.19. The van der Waals surface area contributed by atoms with E-state index >= 15 is 0 Å². The highest BCUT2D eigenvalue weighted by Crippen LogP contribution is 2.16. The first-order valence-corrected chi connectivity index (χ1v) is 7.19. The van der Waals surface area contributed by atoms with E-state index < -0.39 is 0 Å². The lowest BCUT2D eigenvalue weighted by Crippen LogP contribution is -2.20. The Hall–Kier alpha value is -0.570. The molecule has 0 saturated heterocycles. The molecule has 1 aliphatic rings. The van der Waals surface area contributed by atoms with Gasteiger partial charge in [-0.25, -0.2) is 0 Å². The molecule has 3 nitrogen and oxygen atoms in total. The Balaban J connectivity index is -0.000000180. The van der Waals surface area contributed by atoms with Gasteiger partial charge in [0.05, 0.1) is 0 Å². The SMILES string of the molecule is CC.CC.CCCNC=O.CNC1CCCC1. The molecule has 0 aromatic carbocycles. The van der Waals surface area contributed by atoms with E-state index in [0.29, 0.717) is 6.41 Å². The monoisotopic (exact) mass is 246 g/mol. The maximum absolute atomic E-state index is 9.45. The molecule has 106 valence electrons. The van der Waals surface area contributed by atoms with Crippen molar-refractivity contribution in [2.75, 3.05) is 13.6 Å². The van der Waals surface area contributed by atoms with E-state index in [1.807, 2.05) is 34.6 Å². The molecule has 0 atom stereocenters. The van der Waals surface area contributed by atoms with Gasteiger partial charge in [-0.2, -0.15) is 0 Å². The zero-order chi connectivity index (χ0) is 13.9. The predicted octanol–water partition coefficient (Wildman–Crippen LogP) is 3.34. The maximum atomic E-state index is 9.45. The lowest BCUT2D eigenvalue weighted by molar-refractivity contribution is -0.109. The second kappa shape index (κ2) is 24.6. The van der Waals surface area contributed by atoms with Crippen LogP contribution in [0.1, 0.15) is 66.7 Å². The fourth-order valence-electron chi connectivity index (χ4n) is 1.42. The molecule has 1 amide bonds. The van der Waals surface area contributed by atoms with Crippen LogP contribution in [0.15, 0.2) is 0 Å². The topological polar surface area (TPSA) is 41.1 Å². The lowest BCUT2D eigenvalue weighted by atomic mass is 10.3. The molecule has 1 fully saturated rings. The minimum Gasteiger partial charge on any atom is -0.359 e. The molecule has 0 heterocycles. The van der Waals surface area contributed by atoms with Crippen molar-refractivity contribution in [3.05, 3.63) is 0 Å². The van der Waals surface area contributed by atoms with Gasteiger partial charge in [0, 0.05) is 12.6 Å². The average Bonchev–Trinajstić information content (AvgIpc) is 2.95. The molecule has 1 saturated carbocycles. The predicted molar refractivity (Wildman–Crippen MR) is 78.4 cm³/mol. The first kappa shape index (κ1) is 21.7. The Morgan fingerprint density at radius 1 is 1.12 bits per heavy atom. The van der Waals surface area contributed by atoms with Crippen molar-refractivity contribution in [1.29, 1.82) is 0 Å². The van der Waals surface area contributed by atoms with Gasteiger partial charge in [-0.3, -0.25) is 4.79 Å². The summed E-state index contributed by atoms with van der Waals surface area (Å²) >= 11 is 0. The third kappa shape index (κ3) is 21.3. The summed E-state index contributed by atoms with van der Waals surface area (Å²) in [4.78, 5) is 9.45. The highest BCUT2D eigenvalue weighted by molar-refractivity contribution is 5.45. The van der Waals surface area contributed by atoms with Gasteiger partial charge >= 0.3 is 0 Å². The van der Waals surface area contributed by atoms with Crippen molar-refractivity contribution in [1.82, 2.24) is 10.6 Å². The van der Waals surface area contributed by atoms with E-state index in [9.17, 15) is 4.79 Å². The smallest absolute Gasteiger partial charge is 0.207 e. The molecule has 0 aromatic rings. The normalized spacial score (nSPS) is 13.1. The Kier molecular flexibility index (Phi) is 31.4. The van der Waals surface area contributed by atoms with Crippen LogP contribution in [0.4, 0.5) is 0 Å². The number of hydrogen-bond acceptors (Lipinski definition) is 2. The number of carbonyl (C=O) groups is 1. The highest BCUT2D eigenvalue weighted by atomic mass is 16.1. The van der Waals surface area contributed by atoms with Crippen LogP contribution >= 0.6 is 0 Å². The van der Waals surface area contributed by atoms with Crippen LogP contribution in [0.2, 0.25) is 0 Å². The fraction of sp³-hybridized carbons (Fsp3) is 0.929. The Morgan fingerprint density at radius 2 is 1.59 bits per heavy atom. The van der Waals surface area contributed by atoms with Crippen LogP contribution in [-0.2, 0) is 4.79 Å². The molecule has 17 heavy (non-hydrogen) atoms. The van der Waals surface area contributed by atoms with Crippen LogP contribution in [0.3, 0.4) is 0 Å². The molecule has 0 spiro atoms. The third-order valence-electron chi connectivity index (χ3n) is 2.24. The number of carbonyl (C=O) groups excluding carboxylic acids is 1. The summed E-state index contributed by atoms with van der Waals surface area (Å²) in [6.07, 6.45) is 7.40. The van der Waals surface area contributed by atoms with Crippen molar-refractivity contribution in [2.24, 2.45) is 0 Å². The summed E-state index contributed by atoms with van der Waals surface area (Å²) in [7, 11) is 2.05. The molecule has 3 heteroatoms. The van der Waals surface area contributed by atoms with Crippen molar-refractivity contribution in [3.8, 4) is 0 Å². The lowest BCUT2D eigenvalue weighted by Gasteiger charge is -2.03. The number of hydrogen-bond donors (Lipinski definition) is 2. The molecular weight excluding hydrogens is 212 g/mol. The van der Waals surface area contributed by atoms with Crippen molar-refractivity contribution < 1.29 is 4.79 Å². The summed E-state index contributed by atoms with van der Waals surface area (Å²) in [6, 6.07) is 0.847. The van der Waals surface area contributed by atoms with Gasteiger partial charge in [-0.05, 0) is 26.3 Å². The van der Waals surface area contributed by atoms with E-state index in [1.54, 1.807) is 0 Å². The molecule has 0 bridgehead atoms. The molecule has 2 N–H and O–H groups in total. The molecule has 1 aliphatic carbocycles. The van der Waals surface area contributed by atoms with Gasteiger partial charge in [0.25, 0.3) is 0 Å². The average molecular weight is 246 g/mol. The van der Waals surface area contributed by atoms with Gasteiger partial charge in [0.1, 0.15) is 0 Å². The van der Waals surface area contributed by atoms with E-state index in [4.69, 9.17) is 0 Å². The molecule has 0 aliphatic heterocycles. The standard InChI is InChI=1S/C6H13N.C4H9NO.2C2H6/c1-7-6-4-2-3-5-6;1-2-3-5-4-6;2*1-2/h6-7H,2-5H2,1H3;4H,2-3H2,1H3,(H,5,6);2*1-2H3. The quantitative estimate of drug-likeness (QED) is 0.590. The zero-order valence-electron chi connectivity index (χ0n) is 12.8. The summed E-state index contributed by atoms with van der Waals surface area (Å²) in [5.41, 5.74) is 0. The zero-order valence-corrected chi connectivity index (χ0v) is 12.8. The summed E-state index contributed by atoms with van der Waals surface area (Å²) < 4.78 is 0. The summed E-state index contributed by atoms with van der Waals surface area (Å²) in [5.74, 6) is 0. The van der Waals surface area contributed by atoms with Gasteiger partial charge in [0.2, 0.25) is 6.41 Å². The van der Waals surface area contributed by atoms with Crippen molar-refractivity contribution in [2.45, 2.75) is 72.8 Å². The van der Waals surface area contributed by atoms with Crippen LogP contribution < -0.4 is 10.6 Å². The minimum absolute atomic E-state index is 0.712. The highest BCUT2D eigenvalue weighted by Gasteiger charge is 2.10. The Bertz CT molecular complexity index is 113.